The molecule has 30 heavy (non-hydrogen) atoms. The Morgan fingerprint density at radius 2 is 1.63 bits per heavy atom. The van der Waals surface area contributed by atoms with Gasteiger partial charge in [-0.3, -0.25) is 9.59 Å². The van der Waals surface area contributed by atoms with Crippen LogP contribution in [0.3, 0.4) is 0 Å². The molecule has 0 radical (unpaired) electrons. The molecule has 1 unspecified atom stereocenters. The van der Waals surface area contributed by atoms with Crippen molar-refractivity contribution in [3.05, 3.63) is 71.3 Å². The topological polar surface area (TPSA) is 61.4 Å². The Morgan fingerprint density at radius 3 is 2.33 bits per heavy atom. The van der Waals surface area contributed by atoms with E-state index in [0.717, 1.165) is 31.4 Å². The maximum Gasteiger partial charge on any atom is 0.240 e. The van der Waals surface area contributed by atoms with Crippen molar-refractivity contribution in [3.8, 4) is 0 Å². The molecule has 2 aliphatic rings. The number of nitrogens with zero attached hydrogens (tertiary/aromatic N) is 1. The molecule has 5 nitrogen and oxygen atoms in total. The van der Waals surface area contributed by atoms with Gasteiger partial charge in [0.15, 0.2) is 0 Å². The number of rotatable bonds is 4. The first-order valence-corrected chi connectivity index (χ1v) is 10.6. The summed E-state index contributed by atoms with van der Waals surface area (Å²) in [5.74, 6) is 0.236. The first-order chi connectivity index (χ1) is 14.1. The predicted octanol–water partition coefficient (Wildman–Crippen LogP) is 3.24. The van der Waals surface area contributed by atoms with E-state index in [0.29, 0.717) is 13.1 Å². The number of hydrogen-bond donors (Lipinski definition) is 2. The summed E-state index contributed by atoms with van der Waals surface area (Å²) in [6.45, 7) is 4.05. The number of likely N-dealkylation sites (tertiary alicyclic amines) is 1. The van der Waals surface area contributed by atoms with Crippen LogP contribution in [0.1, 0.15) is 42.5 Å². The molecule has 2 aromatic rings. The fraction of sp³-hybridized carbons (Fsp3) is 0.417. The SMILES string of the molecule is CC(NC(=O)C1CCN(C(=O)[C@@H]2Cc3ccccc3CN2)CC1)c1ccccc1.Cl. The molecule has 2 amide bonds. The molecule has 2 heterocycles. The molecule has 2 atom stereocenters. The van der Waals surface area contributed by atoms with E-state index in [4.69, 9.17) is 0 Å². The van der Waals surface area contributed by atoms with Gasteiger partial charge < -0.3 is 15.5 Å². The highest BCUT2D eigenvalue weighted by molar-refractivity contribution is 5.85. The van der Waals surface area contributed by atoms with E-state index < -0.39 is 0 Å². The lowest BCUT2D eigenvalue weighted by Crippen LogP contribution is -2.52. The molecular weight excluding hydrogens is 398 g/mol. The lowest BCUT2D eigenvalue weighted by Gasteiger charge is -2.35. The lowest BCUT2D eigenvalue weighted by molar-refractivity contribution is -0.137. The number of carbonyl (C=O) groups is 2. The average Bonchev–Trinajstić information content (AvgIpc) is 2.79. The van der Waals surface area contributed by atoms with E-state index in [2.05, 4.69) is 22.8 Å². The van der Waals surface area contributed by atoms with Gasteiger partial charge in [-0.1, -0.05) is 54.6 Å². The van der Waals surface area contributed by atoms with Crippen molar-refractivity contribution in [2.75, 3.05) is 13.1 Å². The van der Waals surface area contributed by atoms with Crippen LogP contribution in [0.5, 0.6) is 0 Å². The van der Waals surface area contributed by atoms with Gasteiger partial charge in [0.1, 0.15) is 0 Å². The van der Waals surface area contributed by atoms with E-state index in [1.165, 1.54) is 11.1 Å². The second-order valence-corrected chi connectivity index (χ2v) is 8.15. The Morgan fingerprint density at radius 1 is 1.00 bits per heavy atom. The zero-order valence-electron chi connectivity index (χ0n) is 17.3. The van der Waals surface area contributed by atoms with Crippen LogP contribution < -0.4 is 10.6 Å². The summed E-state index contributed by atoms with van der Waals surface area (Å²) in [5.41, 5.74) is 3.64. The minimum Gasteiger partial charge on any atom is -0.349 e. The summed E-state index contributed by atoms with van der Waals surface area (Å²) in [6.07, 6.45) is 2.19. The smallest absolute Gasteiger partial charge is 0.240 e. The van der Waals surface area contributed by atoms with Gasteiger partial charge >= 0.3 is 0 Å². The van der Waals surface area contributed by atoms with Crippen LogP contribution in [0.15, 0.2) is 54.6 Å². The number of halogens is 1. The van der Waals surface area contributed by atoms with Crippen molar-refractivity contribution in [2.24, 2.45) is 5.92 Å². The second kappa shape index (κ2) is 10.1. The molecule has 0 aliphatic carbocycles. The summed E-state index contributed by atoms with van der Waals surface area (Å²) < 4.78 is 0. The third-order valence-corrected chi connectivity index (χ3v) is 6.22. The van der Waals surface area contributed by atoms with Crippen molar-refractivity contribution in [3.63, 3.8) is 0 Å². The molecule has 0 aromatic heterocycles. The standard InChI is InChI=1S/C24H29N3O2.ClH/c1-17(18-7-3-2-4-8-18)26-23(28)19-11-13-27(14-12-19)24(29)22-15-20-9-5-6-10-21(20)16-25-22;/h2-10,17,19,22,25H,11-16H2,1H3,(H,26,28);1H/t17?,22-;/m0./s1. The molecule has 0 bridgehead atoms. The number of fused-ring (bicyclic) bond motifs is 1. The first-order valence-electron chi connectivity index (χ1n) is 10.6. The summed E-state index contributed by atoms with van der Waals surface area (Å²) in [5, 5.41) is 6.51. The van der Waals surface area contributed by atoms with Crippen LogP contribution in [-0.4, -0.2) is 35.8 Å². The van der Waals surface area contributed by atoms with Gasteiger partial charge in [0.05, 0.1) is 12.1 Å². The van der Waals surface area contributed by atoms with Crippen LogP contribution in [0.25, 0.3) is 0 Å². The molecule has 2 aliphatic heterocycles. The van der Waals surface area contributed by atoms with Crippen molar-refractivity contribution in [2.45, 2.75) is 44.8 Å². The Labute approximate surface area is 184 Å². The fourth-order valence-electron chi connectivity index (χ4n) is 4.37. The van der Waals surface area contributed by atoms with Crippen molar-refractivity contribution < 1.29 is 9.59 Å². The number of carbonyl (C=O) groups excluding carboxylic acids is 2. The van der Waals surface area contributed by atoms with Crippen molar-refractivity contribution in [1.29, 1.82) is 0 Å². The highest BCUT2D eigenvalue weighted by Crippen LogP contribution is 2.22. The summed E-state index contributed by atoms with van der Waals surface area (Å²) in [6, 6.07) is 18.1. The molecule has 4 rings (SSSR count). The maximum atomic E-state index is 13.0. The summed E-state index contributed by atoms with van der Waals surface area (Å²) in [4.78, 5) is 27.6. The van der Waals surface area contributed by atoms with Gasteiger partial charge in [0.2, 0.25) is 11.8 Å². The minimum absolute atomic E-state index is 0. The molecule has 0 saturated carbocycles. The lowest BCUT2D eigenvalue weighted by atomic mass is 9.92. The second-order valence-electron chi connectivity index (χ2n) is 8.15. The Balaban J connectivity index is 0.00000256. The quantitative estimate of drug-likeness (QED) is 0.787. The van der Waals surface area contributed by atoms with Crippen LogP contribution in [0, 0.1) is 5.92 Å². The molecule has 2 aromatic carbocycles. The number of piperidine rings is 1. The van der Waals surface area contributed by atoms with Gasteiger partial charge in [-0.05, 0) is 42.9 Å². The Kier molecular flexibility index (Phi) is 7.51. The van der Waals surface area contributed by atoms with E-state index in [1.54, 1.807) is 0 Å². The summed E-state index contributed by atoms with van der Waals surface area (Å²) in [7, 11) is 0. The largest absolute Gasteiger partial charge is 0.349 e. The molecule has 160 valence electrons. The minimum atomic E-state index is -0.159. The van der Waals surface area contributed by atoms with Gasteiger partial charge in [-0.2, -0.15) is 0 Å². The maximum absolute atomic E-state index is 13.0. The first kappa shape index (κ1) is 22.3. The molecular formula is C24H30ClN3O2. The Bertz CT molecular complexity index is 866. The Hall–Kier alpha value is -2.37. The van der Waals surface area contributed by atoms with E-state index >= 15 is 0 Å². The predicted molar refractivity (Wildman–Crippen MR) is 120 cm³/mol. The summed E-state index contributed by atoms with van der Waals surface area (Å²) >= 11 is 0. The van der Waals surface area contributed by atoms with E-state index in [-0.39, 0.29) is 42.2 Å². The molecule has 2 N–H and O–H groups in total. The van der Waals surface area contributed by atoms with Crippen LogP contribution in [0.4, 0.5) is 0 Å². The zero-order valence-corrected chi connectivity index (χ0v) is 18.2. The molecule has 6 heteroatoms. The van der Waals surface area contributed by atoms with Crippen LogP contribution in [0.2, 0.25) is 0 Å². The molecule has 0 spiro atoms. The molecule has 1 fully saturated rings. The van der Waals surface area contributed by atoms with Gasteiger partial charge in [-0.25, -0.2) is 0 Å². The molecule has 1 saturated heterocycles. The normalized spacial score (nSPS) is 19.9. The number of hydrogen-bond acceptors (Lipinski definition) is 3. The monoisotopic (exact) mass is 427 g/mol. The van der Waals surface area contributed by atoms with Crippen LogP contribution in [-0.2, 0) is 22.6 Å². The van der Waals surface area contributed by atoms with Crippen molar-refractivity contribution >= 4 is 24.2 Å². The zero-order chi connectivity index (χ0) is 20.2. The third-order valence-electron chi connectivity index (χ3n) is 6.22. The number of nitrogens with one attached hydrogen (secondary N) is 2. The highest BCUT2D eigenvalue weighted by Gasteiger charge is 2.32. The van der Waals surface area contributed by atoms with Gasteiger partial charge in [-0.15, -0.1) is 12.4 Å². The van der Waals surface area contributed by atoms with E-state index in [1.807, 2.05) is 54.3 Å². The highest BCUT2D eigenvalue weighted by atomic mass is 35.5. The number of amides is 2. The average molecular weight is 428 g/mol. The number of benzene rings is 2. The van der Waals surface area contributed by atoms with Crippen LogP contribution >= 0.6 is 12.4 Å². The van der Waals surface area contributed by atoms with Gasteiger partial charge in [0, 0.05) is 25.6 Å². The van der Waals surface area contributed by atoms with E-state index in [9.17, 15) is 9.59 Å². The third kappa shape index (κ3) is 5.02. The fourth-order valence-corrected chi connectivity index (χ4v) is 4.37. The van der Waals surface area contributed by atoms with Gasteiger partial charge in [0.25, 0.3) is 0 Å². The van der Waals surface area contributed by atoms with Crippen molar-refractivity contribution in [1.82, 2.24) is 15.5 Å².